The minimum atomic E-state index is 0.522. The second-order valence-corrected chi connectivity index (χ2v) is 6.04. The molecule has 0 unspecified atom stereocenters. The summed E-state index contributed by atoms with van der Waals surface area (Å²) in [5, 5.41) is 0.937. The van der Waals surface area contributed by atoms with Crippen molar-refractivity contribution in [3.8, 4) is 17.1 Å². The molecule has 2 N–H and O–H groups in total. The third kappa shape index (κ3) is 2.45. The second kappa shape index (κ2) is 5.33. The lowest BCUT2D eigenvalue weighted by molar-refractivity contribution is 0.416. The molecule has 0 saturated carbocycles. The van der Waals surface area contributed by atoms with Crippen molar-refractivity contribution in [2.45, 2.75) is 20.3 Å². The first-order chi connectivity index (χ1) is 10.1. The smallest absolute Gasteiger partial charge is 0.166 e. The van der Waals surface area contributed by atoms with E-state index in [1.165, 1.54) is 4.88 Å². The number of hydrogen-bond donors (Lipinski definition) is 1. The van der Waals surface area contributed by atoms with Gasteiger partial charge in [-0.05, 0) is 37.1 Å². The highest BCUT2D eigenvalue weighted by atomic mass is 32.1. The van der Waals surface area contributed by atoms with E-state index in [-0.39, 0.29) is 0 Å². The number of methoxy groups -OCH3 is 1. The van der Waals surface area contributed by atoms with Crippen molar-refractivity contribution in [3.05, 3.63) is 34.7 Å². The summed E-state index contributed by atoms with van der Waals surface area (Å²) in [4.78, 5) is 11.3. The molecule has 3 rings (SSSR count). The van der Waals surface area contributed by atoms with Crippen LogP contribution in [-0.2, 0) is 6.42 Å². The van der Waals surface area contributed by atoms with Gasteiger partial charge >= 0.3 is 0 Å². The molecular formula is C16H17N3OS. The monoisotopic (exact) mass is 299 g/mol. The Labute approximate surface area is 127 Å². The molecule has 0 fully saturated rings. The van der Waals surface area contributed by atoms with Crippen LogP contribution in [0.4, 0.5) is 5.82 Å². The summed E-state index contributed by atoms with van der Waals surface area (Å²) in [5.41, 5.74) is 8.10. The van der Waals surface area contributed by atoms with Gasteiger partial charge in [-0.1, -0.05) is 13.0 Å². The van der Waals surface area contributed by atoms with E-state index in [9.17, 15) is 0 Å². The lowest BCUT2D eigenvalue weighted by atomic mass is 10.1. The van der Waals surface area contributed by atoms with E-state index in [0.29, 0.717) is 11.6 Å². The Balaban J connectivity index is 2.21. The molecule has 21 heavy (non-hydrogen) atoms. The fourth-order valence-electron chi connectivity index (χ4n) is 2.27. The largest absolute Gasteiger partial charge is 0.496 e. The highest BCUT2D eigenvalue weighted by Gasteiger charge is 2.14. The minimum absolute atomic E-state index is 0.522. The fourth-order valence-corrected chi connectivity index (χ4v) is 3.25. The van der Waals surface area contributed by atoms with Crippen LogP contribution in [0.2, 0.25) is 0 Å². The number of hydrogen-bond acceptors (Lipinski definition) is 5. The van der Waals surface area contributed by atoms with Gasteiger partial charge in [0.25, 0.3) is 0 Å². The molecule has 0 radical (unpaired) electrons. The molecule has 0 aliphatic rings. The highest BCUT2D eigenvalue weighted by molar-refractivity contribution is 7.18. The summed E-state index contributed by atoms with van der Waals surface area (Å²) in [6, 6.07) is 8.05. The Morgan fingerprint density at radius 3 is 2.76 bits per heavy atom. The Morgan fingerprint density at radius 2 is 2.05 bits per heavy atom. The number of rotatable bonds is 3. The zero-order valence-corrected chi connectivity index (χ0v) is 13.1. The minimum Gasteiger partial charge on any atom is -0.496 e. The van der Waals surface area contributed by atoms with Gasteiger partial charge in [-0.15, -0.1) is 11.3 Å². The van der Waals surface area contributed by atoms with Crippen LogP contribution in [0.1, 0.15) is 17.4 Å². The van der Waals surface area contributed by atoms with E-state index >= 15 is 0 Å². The van der Waals surface area contributed by atoms with Crippen molar-refractivity contribution in [3.63, 3.8) is 0 Å². The van der Waals surface area contributed by atoms with Crippen LogP contribution in [0.3, 0.4) is 0 Å². The number of thiophene rings is 1. The van der Waals surface area contributed by atoms with Crippen LogP contribution in [0.25, 0.3) is 21.6 Å². The maximum absolute atomic E-state index is 6.10. The Morgan fingerprint density at radius 1 is 1.24 bits per heavy atom. The average Bonchev–Trinajstić information content (AvgIpc) is 2.90. The molecule has 1 aromatic carbocycles. The summed E-state index contributed by atoms with van der Waals surface area (Å²) in [5.74, 6) is 1.90. The van der Waals surface area contributed by atoms with Crippen LogP contribution in [0.15, 0.2) is 24.3 Å². The zero-order valence-electron chi connectivity index (χ0n) is 12.3. The predicted octanol–water partition coefficient (Wildman–Crippen LogP) is 3.82. The molecule has 0 atom stereocenters. The number of anilines is 1. The van der Waals surface area contributed by atoms with E-state index < -0.39 is 0 Å². The van der Waals surface area contributed by atoms with Crippen molar-refractivity contribution in [2.75, 3.05) is 12.8 Å². The number of aryl methyl sites for hydroxylation is 2. The van der Waals surface area contributed by atoms with E-state index in [0.717, 1.165) is 33.5 Å². The fraction of sp³-hybridized carbons (Fsp3) is 0.250. The van der Waals surface area contributed by atoms with Crippen LogP contribution in [0.5, 0.6) is 5.75 Å². The van der Waals surface area contributed by atoms with Gasteiger partial charge in [0.15, 0.2) is 5.82 Å². The SMILES string of the molecule is CCc1cc2c(N)nc(-c3ccc(C)cc3OC)nc2s1. The van der Waals surface area contributed by atoms with Gasteiger partial charge in [-0.3, -0.25) is 0 Å². The molecule has 2 aromatic heterocycles. The summed E-state index contributed by atoms with van der Waals surface area (Å²) in [6.07, 6.45) is 0.976. The van der Waals surface area contributed by atoms with Gasteiger partial charge < -0.3 is 10.5 Å². The van der Waals surface area contributed by atoms with Crippen molar-refractivity contribution in [1.82, 2.24) is 9.97 Å². The van der Waals surface area contributed by atoms with E-state index in [4.69, 9.17) is 10.5 Å². The van der Waals surface area contributed by atoms with Crippen LogP contribution >= 0.6 is 11.3 Å². The van der Waals surface area contributed by atoms with Gasteiger partial charge in [-0.2, -0.15) is 0 Å². The first kappa shape index (κ1) is 13.8. The Hall–Kier alpha value is -2.14. The molecule has 0 aliphatic heterocycles. The first-order valence-electron chi connectivity index (χ1n) is 6.83. The number of nitrogens with two attached hydrogens (primary N) is 1. The molecule has 2 heterocycles. The molecule has 0 aliphatic carbocycles. The highest BCUT2D eigenvalue weighted by Crippen LogP contribution is 2.33. The van der Waals surface area contributed by atoms with Gasteiger partial charge in [0, 0.05) is 4.88 Å². The molecule has 0 amide bonds. The quantitative estimate of drug-likeness (QED) is 0.798. The Bertz CT molecular complexity index is 811. The molecule has 0 spiro atoms. The summed E-state index contributed by atoms with van der Waals surface area (Å²) >= 11 is 1.66. The molecule has 3 aromatic rings. The molecule has 5 heteroatoms. The predicted molar refractivity (Wildman–Crippen MR) is 87.9 cm³/mol. The van der Waals surface area contributed by atoms with E-state index in [2.05, 4.69) is 23.0 Å². The number of aromatic nitrogens is 2. The van der Waals surface area contributed by atoms with Gasteiger partial charge in [0.2, 0.25) is 0 Å². The molecule has 0 saturated heterocycles. The van der Waals surface area contributed by atoms with Crippen LogP contribution < -0.4 is 10.5 Å². The number of fused-ring (bicyclic) bond motifs is 1. The number of benzene rings is 1. The average molecular weight is 299 g/mol. The summed E-state index contributed by atoms with van der Waals surface area (Å²) in [7, 11) is 1.65. The molecular weight excluding hydrogens is 282 g/mol. The lowest BCUT2D eigenvalue weighted by Gasteiger charge is -2.09. The van der Waals surface area contributed by atoms with Crippen molar-refractivity contribution >= 4 is 27.4 Å². The summed E-state index contributed by atoms with van der Waals surface area (Å²) in [6.45, 7) is 4.15. The third-order valence-corrected chi connectivity index (χ3v) is 4.59. The normalized spacial score (nSPS) is 11.0. The number of nitrogen functional groups attached to an aromatic ring is 1. The standard InChI is InChI=1S/C16H17N3OS/c1-4-10-8-12-14(17)18-15(19-16(12)21-10)11-6-5-9(2)7-13(11)20-3/h5-8H,4H2,1-3H3,(H2,17,18,19). The zero-order chi connectivity index (χ0) is 15.0. The Kier molecular flexibility index (Phi) is 3.51. The van der Waals surface area contributed by atoms with E-state index in [1.807, 2.05) is 25.1 Å². The van der Waals surface area contributed by atoms with Crippen molar-refractivity contribution < 1.29 is 4.74 Å². The maximum atomic E-state index is 6.10. The van der Waals surface area contributed by atoms with Gasteiger partial charge in [0.05, 0.1) is 18.1 Å². The van der Waals surface area contributed by atoms with Gasteiger partial charge in [0.1, 0.15) is 16.4 Å². The first-order valence-corrected chi connectivity index (χ1v) is 7.65. The van der Waals surface area contributed by atoms with Crippen LogP contribution in [0, 0.1) is 6.92 Å². The van der Waals surface area contributed by atoms with Crippen LogP contribution in [-0.4, -0.2) is 17.1 Å². The van der Waals surface area contributed by atoms with Crippen molar-refractivity contribution in [2.24, 2.45) is 0 Å². The van der Waals surface area contributed by atoms with Crippen molar-refractivity contribution in [1.29, 1.82) is 0 Å². The lowest BCUT2D eigenvalue weighted by Crippen LogP contribution is -1.98. The second-order valence-electron chi connectivity index (χ2n) is 4.92. The molecule has 108 valence electrons. The maximum Gasteiger partial charge on any atom is 0.166 e. The van der Waals surface area contributed by atoms with Gasteiger partial charge in [-0.25, -0.2) is 9.97 Å². The topological polar surface area (TPSA) is 61.0 Å². The number of ether oxygens (including phenoxy) is 1. The number of nitrogens with zero attached hydrogens (tertiary/aromatic N) is 2. The molecule has 4 nitrogen and oxygen atoms in total. The van der Waals surface area contributed by atoms with E-state index in [1.54, 1.807) is 18.4 Å². The molecule has 0 bridgehead atoms. The third-order valence-electron chi connectivity index (χ3n) is 3.42. The summed E-state index contributed by atoms with van der Waals surface area (Å²) < 4.78 is 5.44.